The lowest BCUT2D eigenvalue weighted by Gasteiger charge is -2.12. The minimum atomic E-state index is -4.45. The van der Waals surface area contributed by atoms with Gasteiger partial charge in [-0.15, -0.1) is 0 Å². The number of rotatable bonds is 5. The largest absolute Gasteiger partial charge is 0.461 e. The van der Waals surface area contributed by atoms with Crippen LogP contribution in [0.4, 0.5) is 19.0 Å². The van der Waals surface area contributed by atoms with Gasteiger partial charge in [-0.25, -0.2) is 9.97 Å². The third-order valence-electron chi connectivity index (χ3n) is 3.04. The number of hydrogen-bond acceptors (Lipinski definition) is 5. The lowest BCUT2D eigenvalue weighted by atomic mass is 10.2. The number of nitrogens with one attached hydrogen (secondary N) is 2. The Bertz CT molecular complexity index is 767. The average molecular weight is 323 g/mol. The molecular weight excluding hydrogens is 311 g/mol. The zero-order valence-electron chi connectivity index (χ0n) is 11.8. The summed E-state index contributed by atoms with van der Waals surface area (Å²) in [6.07, 6.45) is -1.27. The van der Waals surface area contributed by atoms with E-state index in [9.17, 15) is 13.2 Å². The Morgan fingerprint density at radius 3 is 2.83 bits per heavy atom. The maximum absolute atomic E-state index is 12.8. The zero-order valence-corrected chi connectivity index (χ0v) is 11.8. The molecule has 3 heterocycles. The van der Waals surface area contributed by atoms with Gasteiger partial charge in [0.25, 0.3) is 0 Å². The van der Waals surface area contributed by atoms with Crippen molar-refractivity contribution < 1.29 is 17.6 Å². The van der Waals surface area contributed by atoms with Gasteiger partial charge in [-0.05, 0) is 24.3 Å². The van der Waals surface area contributed by atoms with E-state index >= 15 is 0 Å². The Morgan fingerprint density at radius 2 is 2.09 bits per heavy atom. The van der Waals surface area contributed by atoms with Gasteiger partial charge in [0.15, 0.2) is 5.76 Å². The normalized spacial score (nSPS) is 11.6. The van der Waals surface area contributed by atoms with Crippen molar-refractivity contribution in [2.75, 3.05) is 11.9 Å². The zero-order chi connectivity index (χ0) is 16.3. The van der Waals surface area contributed by atoms with Crippen molar-refractivity contribution in [1.29, 1.82) is 0 Å². The van der Waals surface area contributed by atoms with Gasteiger partial charge in [-0.1, -0.05) is 0 Å². The number of furan rings is 1. The summed E-state index contributed by atoms with van der Waals surface area (Å²) in [7, 11) is 0. The molecule has 0 amide bonds. The lowest BCUT2D eigenvalue weighted by molar-refractivity contribution is -0.137. The summed E-state index contributed by atoms with van der Waals surface area (Å²) in [5.74, 6) is 1.25. The third kappa shape index (κ3) is 3.50. The number of aromatic nitrogens is 4. The molecule has 3 aromatic rings. The molecule has 23 heavy (non-hydrogen) atoms. The summed E-state index contributed by atoms with van der Waals surface area (Å²) >= 11 is 0. The summed E-state index contributed by atoms with van der Waals surface area (Å²) < 4.78 is 43.7. The first kappa shape index (κ1) is 15.1. The van der Waals surface area contributed by atoms with Crippen LogP contribution in [-0.4, -0.2) is 26.7 Å². The first-order valence-corrected chi connectivity index (χ1v) is 6.75. The fraction of sp³-hybridized carbons (Fsp3) is 0.214. The van der Waals surface area contributed by atoms with Crippen LogP contribution in [0.15, 0.2) is 41.1 Å². The van der Waals surface area contributed by atoms with Crippen LogP contribution in [0.25, 0.3) is 11.6 Å². The van der Waals surface area contributed by atoms with E-state index in [0.29, 0.717) is 23.8 Å². The average Bonchev–Trinajstić information content (AvgIpc) is 3.17. The third-order valence-corrected chi connectivity index (χ3v) is 3.04. The summed E-state index contributed by atoms with van der Waals surface area (Å²) in [4.78, 5) is 7.94. The van der Waals surface area contributed by atoms with Crippen LogP contribution < -0.4 is 5.32 Å². The van der Waals surface area contributed by atoms with E-state index in [0.717, 1.165) is 6.07 Å². The number of nitrogens with zero attached hydrogens (tertiary/aromatic N) is 3. The number of H-pyrrole nitrogens is 1. The molecule has 120 valence electrons. The number of hydrogen-bond donors (Lipinski definition) is 2. The molecule has 0 radical (unpaired) electrons. The predicted octanol–water partition coefficient (Wildman–Crippen LogP) is 3.13. The molecule has 0 spiro atoms. The number of alkyl halides is 3. The standard InChI is InChI=1S/C14H12F3N5O/c15-14(16,17)9-3-1-6-18-12(9)19-7-5-11-20-13(22-21-11)10-4-2-8-23-10/h1-4,6,8H,5,7H2,(H,18,19)(H,20,21,22). The fourth-order valence-corrected chi connectivity index (χ4v) is 2.00. The number of pyridine rings is 1. The van der Waals surface area contributed by atoms with E-state index in [1.165, 1.54) is 18.5 Å². The number of halogens is 3. The first-order valence-electron chi connectivity index (χ1n) is 6.75. The lowest BCUT2D eigenvalue weighted by Crippen LogP contribution is -2.14. The molecule has 0 saturated carbocycles. The van der Waals surface area contributed by atoms with E-state index < -0.39 is 11.7 Å². The van der Waals surface area contributed by atoms with Gasteiger partial charge in [0.05, 0.1) is 11.8 Å². The Balaban J connectivity index is 1.62. The molecule has 3 rings (SSSR count). The topological polar surface area (TPSA) is 79.6 Å². The highest BCUT2D eigenvalue weighted by atomic mass is 19.4. The van der Waals surface area contributed by atoms with Gasteiger partial charge < -0.3 is 9.73 Å². The summed E-state index contributed by atoms with van der Waals surface area (Å²) in [6.45, 7) is 0.229. The molecule has 0 aliphatic carbocycles. The van der Waals surface area contributed by atoms with Crippen molar-refractivity contribution in [1.82, 2.24) is 20.2 Å². The van der Waals surface area contributed by atoms with Gasteiger partial charge in [0.1, 0.15) is 11.6 Å². The monoisotopic (exact) mass is 323 g/mol. The Hall–Kier alpha value is -2.84. The molecular formula is C14H12F3N5O. The van der Waals surface area contributed by atoms with Crippen LogP contribution >= 0.6 is 0 Å². The van der Waals surface area contributed by atoms with Crippen molar-refractivity contribution in [2.45, 2.75) is 12.6 Å². The molecule has 0 saturated heterocycles. The van der Waals surface area contributed by atoms with Crippen LogP contribution in [0.2, 0.25) is 0 Å². The van der Waals surface area contributed by atoms with Crippen LogP contribution in [0, 0.1) is 0 Å². The molecule has 0 unspecified atom stereocenters. The van der Waals surface area contributed by atoms with Crippen molar-refractivity contribution in [2.24, 2.45) is 0 Å². The Labute approximate surface area is 128 Å². The van der Waals surface area contributed by atoms with E-state index in [1.807, 2.05) is 0 Å². The van der Waals surface area contributed by atoms with Gasteiger partial charge in [-0.3, -0.25) is 5.10 Å². The van der Waals surface area contributed by atoms with Crippen molar-refractivity contribution >= 4 is 5.82 Å². The minimum Gasteiger partial charge on any atom is -0.461 e. The summed E-state index contributed by atoms with van der Waals surface area (Å²) in [5, 5.41) is 9.38. The van der Waals surface area contributed by atoms with Gasteiger partial charge in [0, 0.05) is 19.2 Å². The highest BCUT2D eigenvalue weighted by Gasteiger charge is 2.33. The number of aromatic amines is 1. The van der Waals surface area contributed by atoms with Crippen LogP contribution in [0.3, 0.4) is 0 Å². The van der Waals surface area contributed by atoms with Crippen molar-refractivity contribution in [3.8, 4) is 11.6 Å². The highest BCUT2D eigenvalue weighted by Crippen LogP contribution is 2.33. The molecule has 0 atom stereocenters. The molecule has 0 bridgehead atoms. The van der Waals surface area contributed by atoms with Gasteiger partial charge in [0.2, 0.25) is 5.82 Å². The molecule has 9 heteroatoms. The van der Waals surface area contributed by atoms with Crippen molar-refractivity contribution in [3.05, 3.63) is 48.1 Å². The minimum absolute atomic E-state index is 0.203. The summed E-state index contributed by atoms with van der Waals surface area (Å²) in [6, 6.07) is 5.67. The maximum Gasteiger partial charge on any atom is 0.419 e. The van der Waals surface area contributed by atoms with E-state index in [1.54, 1.807) is 12.1 Å². The Morgan fingerprint density at radius 1 is 1.22 bits per heavy atom. The maximum atomic E-state index is 12.8. The first-order chi connectivity index (χ1) is 11.0. The molecule has 0 fully saturated rings. The SMILES string of the molecule is FC(F)(F)c1cccnc1NCCc1nc(-c2ccco2)n[nH]1. The fourth-order valence-electron chi connectivity index (χ4n) is 2.00. The molecule has 2 N–H and O–H groups in total. The molecule has 0 aromatic carbocycles. The molecule has 0 aliphatic rings. The molecule has 6 nitrogen and oxygen atoms in total. The highest BCUT2D eigenvalue weighted by molar-refractivity contribution is 5.46. The van der Waals surface area contributed by atoms with E-state index in [2.05, 4.69) is 25.5 Å². The second-order valence-electron chi connectivity index (χ2n) is 4.66. The molecule has 0 aliphatic heterocycles. The second-order valence-corrected chi connectivity index (χ2v) is 4.66. The predicted molar refractivity (Wildman–Crippen MR) is 75.5 cm³/mol. The van der Waals surface area contributed by atoms with Crippen LogP contribution in [0.1, 0.15) is 11.4 Å². The molecule has 3 aromatic heterocycles. The van der Waals surface area contributed by atoms with E-state index in [-0.39, 0.29) is 12.4 Å². The quantitative estimate of drug-likeness (QED) is 0.754. The van der Waals surface area contributed by atoms with Gasteiger partial charge in [-0.2, -0.15) is 18.3 Å². The number of anilines is 1. The summed E-state index contributed by atoms with van der Waals surface area (Å²) in [5.41, 5.74) is -0.797. The van der Waals surface area contributed by atoms with Crippen molar-refractivity contribution in [3.63, 3.8) is 0 Å². The van der Waals surface area contributed by atoms with E-state index in [4.69, 9.17) is 4.42 Å². The smallest absolute Gasteiger partial charge is 0.419 e. The van der Waals surface area contributed by atoms with Crippen LogP contribution in [0.5, 0.6) is 0 Å². The van der Waals surface area contributed by atoms with Gasteiger partial charge >= 0.3 is 6.18 Å². The second kappa shape index (κ2) is 6.11. The Kier molecular flexibility index (Phi) is 4.00. The van der Waals surface area contributed by atoms with Crippen LogP contribution in [-0.2, 0) is 12.6 Å².